The van der Waals surface area contributed by atoms with E-state index in [1.54, 1.807) is 0 Å². The second-order valence-corrected chi connectivity index (χ2v) is 7.08. The fraction of sp³-hybridized carbons (Fsp3) is 0.688. The molecule has 0 unspecified atom stereocenters. The molecular formula is C16H25N3O3S. The molecule has 1 aromatic rings. The van der Waals surface area contributed by atoms with Crippen LogP contribution in [0.5, 0.6) is 0 Å². The van der Waals surface area contributed by atoms with Crippen LogP contribution >= 0.6 is 11.3 Å². The van der Waals surface area contributed by atoms with Crippen LogP contribution in [-0.4, -0.2) is 97.4 Å². The first-order chi connectivity index (χ1) is 11.2. The van der Waals surface area contributed by atoms with Gasteiger partial charge in [-0.15, -0.1) is 11.3 Å². The summed E-state index contributed by atoms with van der Waals surface area (Å²) in [5.74, 6) is 0.133. The van der Waals surface area contributed by atoms with E-state index in [-0.39, 0.29) is 12.0 Å². The van der Waals surface area contributed by atoms with E-state index in [2.05, 4.69) is 9.80 Å². The molecule has 128 valence electrons. The zero-order valence-electron chi connectivity index (χ0n) is 13.4. The van der Waals surface area contributed by atoms with Gasteiger partial charge in [0.15, 0.2) is 0 Å². The van der Waals surface area contributed by atoms with Crippen LogP contribution in [-0.2, 0) is 4.74 Å². The van der Waals surface area contributed by atoms with Gasteiger partial charge in [-0.25, -0.2) is 0 Å². The molecule has 1 atom stereocenters. The molecule has 2 aliphatic rings. The van der Waals surface area contributed by atoms with Gasteiger partial charge in [0.05, 0.1) is 24.2 Å². The lowest BCUT2D eigenvalue weighted by atomic mass is 10.2. The second kappa shape index (κ2) is 8.21. The van der Waals surface area contributed by atoms with E-state index in [9.17, 15) is 9.90 Å². The van der Waals surface area contributed by atoms with E-state index < -0.39 is 0 Å². The Bertz CT molecular complexity index is 483. The maximum atomic E-state index is 12.3. The molecule has 1 N–H and O–H groups in total. The van der Waals surface area contributed by atoms with Gasteiger partial charge in [-0.2, -0.15) is 0 Å². The van der Waals surface area contributed by atoms with Gasteiger partial charge >= 0.3 is 0 Å². The molecular weight excluding hydrogens is 314 g/mol. The van der Waals surface area contributed by atoms with Gasteiger partial charge in [-0.05, 0) is 11.4 Å². The normalized spacial score (nSPS) is 22.2. The number of carbonyl (C=O) groups excluding carboxylic acids is 1. The van der Waals surface area contributed by atoms with Crippen molar-refractivity contribution in [3.05, 3.63) is 22.4 Å². The molecule has 0 aliphatic carbocycles. The molecule has 6 nitrogen and oxygen atoms in total. The van der Waals surface area contributed by atoms with E-state index in [1.165, 1.54) is 11.3 Å². The number of nitrogens with zero attached hydrogens (tertiary/aromatic N) is 3. The summed E-state index contributed by atoms with van der Waals surface area (Å²) in [4.78, 5) is 19.5. The van der Waals surface area contributed by atoms with Gasteiger partial charge in [0.1, 0.15) is 0 Å². The standard InChI is InChI=1S/C16H25N3O3S/c20-14(13-18-7-9-22-10-8-18)12-17-3-5-19(6-4-17)16(21)15-2-1-11-23-15/h1-2,11,14,20H,3-10,12-13H2/t14-/m0/s1. The maximum absolute atomic E-state index is 12.3. The fourth-order valence-electron chi connectivity index (χ4n) is 3.13. The number of thiophene rings is 1. The molecule has 3 heterocycles. The van der Waals surface area contributed by atoms with Crippen LogP contribution in [0.3, 0.4) is 0 Å². The largest absolute Gasteiger partial charge is 0.390 e. The SMILES string of the molecule is O=C(c1cccs1)N1CCN(C[C@H](O)CN2CCOCC2)CC1. The number of carbonyl (C=O) groups is 1. The van der Waals surface area contributed by atoms with Crippen molar-refractivity contribution in [2.75, 3.05) is 65.6 Å². The fourth-order valence-corrected chi connectivity index (χ4v) is 3.82. The van der Waals surface area contributed by atoms with Gasteiger partial charge in [0.2, 0.25) is 0 Å². The number of piperazine rings is 1. The highest BCUT2D eigenvalue weighted by atomic mass is 32.1. The number of ether oxygens (including phenoxy) is 1. The Hall–Kier alpha value is -0.990. The van der Waals surface area contributed by atoms with Crippen molar-refractivity contribution < 1.29 is 14.6 Å². The van der Waals surface area contributed by atoms with Crippen LogP contribution in [0.25, 0.3) is 0 Å². The Morgan fingerprint density at radius 1 is 1.13 bits per heavy atom. The van der Waals surface area contributed by atoms with E-state index in [4.69, 9.17) is 4.74 Å². The second-order valence-electron chi connectivity index (χ2n) is 6.14. The number of rotatable bonds is 5. The first kappa shape index (κ1) is 16.9. The molecule has 7 heteroatoms. The van der Waals surface area contributed by atoms with Crippen LogP contribution in [0.15, 0.2) is 17.5 Å². The molecule has 3 rings (SSSR count). The van der Waals surface area contributed by atoms with Crippen molar-refractivity contribution in [1.29, 1.82) is 0 Å². The molecule has 0 aromatic carbocycles. The number of hydrogen-bond donors (Lipinski definition) is 1. The number of hydrogen-bond acceptors (Lipinski definition) is 6. The van der Waals surface area contributed by atoms with Crippen molar-refractivity contribution in [3.8, 4) is 0 Å². The van der Waals surface area contributed by atoms with E-state index >= 15 is 0 Å². The Morgan fingerprint density at radius 3 is 2.39 bits per heavy atom. The highest BCUT2D eigenvalue weighted by Crippen LogP contribution is 2.14. The minimum atomic E-state index is -0.340. The summed E-state index contributed by atoms with van der Waals surface area (Å²) in [6, 6.07) is 3.79. The Morgan fingerprint density at radius 2 is 1.78 bits per heavy atom. The highest BCUT2D eigenvalue weighted by Gasteiger charge is 2.24. The summed E-state index contributed by atoms with van der Waals surface area (Å²) >= 11 is 1.50. The quantitative estimate of drug-likeness (QED) is 0.831. The number of morpholine rings is 1. The van der Waals surface area contributed by atoms with Crippen molar-refractivity contribution in [2.24, 2.45) is 0 Å². The molecule has 1 aromatic heterocycles. The number of amides is 1. The smallest absolute Gasteiger partial charge is 0.264 e. The van der Waals surface area contributed by atoms with Gasteiger partial charge < -0.3 is 14.7 Å². The van der Waals surface area contributed by atoms with Gasteiger partial charge in [0.25, 0.3) is 5.91 Å². The topological polar surface area (TPSA) is 56.2 Å². The minimum Gasteiger partial charge on any atom is -0.390 e. The number of β-amino-alcohol motifs (C(OH)–C–C–N with tert-alkyl or cyclic N) is 1. The summed E-state index contributed by atoms with van der Waals surface area (Å²) in [7, 11) is 0. The van der Waals surface area contributed by atoms with Crippen molar-refractivity contribution in [2.45, 2.75) is 6.10 Å². The van der Waals surface area contributed by atoms with Crippen molar-refractivity contribution >= 4 is 17.2 Å². The van der Waals surface area contributed by atoms with Crippen molar-refractivity contribution in [1.82, 2.24) is 14.7 Å². The third-order valence-electron chi connectivity index (χ3n) is 4.43. The summed E-state index contributed by atoms with van der Waals surface area (Å²) in [6.45, 7) is 7.85. The Kier molecular flexibility index (Phi) is 6.02. The molecule has 2 aliphatic heterocycles. The van der Waals surface area contributed by atoms with Crippen LogP contribution < -0.4 is 0 Å². The van der Waals surface area contributed by atoms with E-state index in [0.29, 0.717) is 13.1 Å². The molecule has 0 spiro atoms. The van der Waals surface area contributed by atoms with Crippen LogP contribution in [0.4, 0.5) is 0 Å². The van der Waals surface area contributed by atoms with Crippen molar-refractivity contribution in [3.63, 3.8) is 0 Å². The Balaban J connectivity index is 1.39. The monoisotopic (exact) mass is 339 g/mol. The molecule has 23 heavy (non-hydrogen) atoms. The van der Waals surface area contributed by atoms with E-state index in [1.807, 2.05) is 22.4 Å². The molecule has 0 radical (unpaired) electrons. The summed E-state index contributed by atoms with van der Waals surface area (Å²) in [6.07, 6.45) is -0.340. The Labute approximate surface area is 141 Å². The van der Waals surface area contributed by atoms with Crippen LogP contribution in [0.1, 0.15) is 9.67 Å². The predicted molar refractivity (Wildman–Crippen MR) is 89.9 cm³/mol. The van der Waals surface area contributed by atoms with Crippen LogP contribution in [0, 0.1) is 0 Å². The lowest BCUT2D eigenvalue weighted by molar-refractivity contribution is 0.00295. The lowest BCUT2D eigenvalue weighted by Gasteiger charge is -2.36. The highest BCUT2D eigenvalue weighted by molar-refractivity contribution is 7.12. The minimum absolute atomic E-state index is 0.133. The average molecular weight is 339 g/mol. The molecule has 0 saturated carbocycles. The third-order valence-corrected chi connectivity index (χ3v) is 5.29. The number of aliphatic hydroxyl groups is 1. The molecule has 2 saturated heterocycles. The maximum Gasteiger partial charge on any atom is 0.264 e. The average Bonchev–Trinajstić information content (AvgIpc) is 3.10. The molecule has 0 bridgehead atoms. The summed E-state index contributed by atoms with van der Waals surface area (Å²) < 4.78 is 5.33. The first-order valence-electron chi connectivity index (χ1n) is 8.25. The zero-order valence-corrected chi connectivity index (χ0v) is 14.2. The lowest BCUT2D eigenvalue weighted by Crippen LogP contribution is -2.52. The molecule has 2 fully saturated rings. The van der Waals surface area contributed by atoms with Gasteiger partial charge in [-0.1, -0.05) is 6.07 Å². The van der Waals surface area contributed by atoms with Crippen LogP contribution in [0.2, 0.25) is 0 Å². The third kappa shape index (κ3) is 4.74. The first-order valence-corrected chi connectivity index (χ1v) is 9.13. The zero-order chi connectivity index (χ0) is 16.1. The summed E-state index contributed by atoms with van der Waals surface area (Å²) in [5, 5.41) is 12.2. The van der Waals surface area contributed by atoms with E-state index in [0.717, 1.165) is 57.4 Å². The number of aliphatic hydroxyl groups excluding tert-OH is 1. The predicted octanol–water partition coefficient (Wildman–Crippen LogP) is 0.199. The van der Waals surface area contributed by atoms with Gasteiger partial charge in [-0.3, -0.25) is 14.6 Å². The summed E-state index contributed by atoms with van der Waals surface area (Å²) in [5.41, 5.74) is 0. The molecule has 1 amide bonds. The van der Waals surface area contributed by atoms with Gasteiger partial charge in [0, 0.05) is 52.4 Å².